The minimum absolute atomic E-state index is 0. The maximum absolute atomic E-state index is 13.0. The van der Waals surface area contributed by atoms with Gasteiger partial charge in [-0.3, -0.25) is 0 Å². The summed E-state index contributed by atoms with van der Waals surface area (Å²) < 4.78 is 81.1. The largest absolute Gasteiger partial charge is 0.495 e. The molecule has 6 fully saturated rings. The van der Waals surface area contributed by atoms with Crippen LogP contribution in [0.2, 0.25) is 0 Å². The third-order valence-electron chi connectivity index (χ3n) is 19.3. The maximum Gasteiger partial charge on any atom is 0.495 e. The van der Waals surface area contributed by atoms with E-state index < -0.39 is 48.8 Å². The molecule has 0 saturated carbocycles. The van der Waals surface area contributed by atoms with E-state index >= 15 is 0 Å². The molecule has 0 spiro atoms. The van der Waals surface area contributed by atoms with Crippen molar-refractivity contribution in [3.05, 3.63) is 97.0 Å². The van der Waals surface area contributed by atoms with Crippen LogP contribution in [0.1, 0.15) is 111 Å². The molecule has 2 aromatic carbocycles. The number of carbonyl (C=O) groups excluding carboxylic acids is 2. The average Bonchev–Trinajstić information content (AvgIpc) is 1.59. The number of nitrogens with zero attached hydrogens (tertiary/aromatic N) is 8. The number of alkyl halides is 3. The number of anilines is 7. The van der Waals surface area contributed by atoms with E-state index in [9.17, 15) is 37.4 Å². The molecule has 6 aliphatic heterocycles. The van der Waals surface area contributed by atoms with Crippen LogP contribution in [-0.2, 0) is 23.5 Å². The van der Waals surface area contributed by atoms with Crippen LogP contribution in [-0.4, -0.2) is 220 Å². The summed E-state index contributed by atoms with van der Waals surface area (Å²) in [4.78, 5) is 48.6. The van der Waals surface area contributed by atoms with Gasteiger partial charge < -0.3 is 90.3 Å². The number of pyridine rings is 3. The predicted molar refractivity (Wildman–Crippen MR) is 428 cm³/mol. The van der Waals surface area contributed by atoms with Gasteiger partial charge in [-0.05, 0) is 207 Å². The molecule has 6 aliphatic rings. The first-order chi connectivity index (χ1) is 49.1. The number of amides is 4. The smallest absolute Gasteiger partial charge is 0.399 e. The van der Waals surface area contributed by atoms with Gasteiger partial charge >= 0.3 is 25.4 Å². The predicted octanol–water partition coefficient (Wildman–Crippen LogP) is 11.6. The summed E-state index contributed by atoms with van der Waals surface area (Å²) in [6.45, 7) is 31.6. The van der Waals surface area contributed by atoms with Crippen molar-refractivity contribution >= 4 is 124 Å². The van der Waals surface area contributed by atoms with Crippen molar-refractivity contribution in [2.75, 3.05) is 161 Å². The van der Waals surface area contributed by atoms with E-state index in [0.717, 1.165) is 161 Å². The standard InChI is InChI=1S/C27H39N5O3.C20H28BF3N2O3.C13H20IN3O2.C9H10FIN2O.C4H11NO.H2S/c1-4-20-8-9-32(17-20)27(34)29-23-7-6-19(3)24(16-23)21-14-25(28-22(5-2)18-33)30-26(15-21)31-10-12-35-13-11-31;1-13-6-7-15(10-16(13)21-28-18(2,3)19(4,5)29-21)25-17(27)26-9-8-14(12-26)11-20(22,23)24;1-2-11(9-18)15-12-7-10(14)8-13(16-12)17-3-5-19-6-4-17;10-8-5-7(11)6-9(12-8)13-1-3-14-4-2-13;1-2-4(5)3-6;/h6-7,14-16,20,22,33H,4-5,8-13,17-18H2,1-3H3,(H,28,30)(H,29,34);6-7,10,14H,8-9,11-12H2,1-5H3,(H,25,27);7-8,11,18H,2-6,9H2,1H3,(H,15,16);5-6H,1-4H2;4,6H,2-3,5H2,1H3;1H2/t20-,22-;14-;11-;;4-;/m101.1./s1. The fourth-order valence-corrected chi connectivity index (χ4v) is 13.0. The topological polar surface area (TPSA) is 270 Å². The van der Waals surface area contributed by atoms with Gasteiger partial charge in [0.1, 0.15) is 29.1 Å². The van der Waals surface area contributed by atoms with Crippen LogP contribution in [0, 0.1) is 38.8 Å². The van der Waals surface area contributed by atoms with Crippen LogP contribution in [0.5, 0.6) is 0 Å². The average molecular weight is 1700 g/mol. The Morgan fingerprint density at radius 3 is 1.48 bits per heavy atom. The van der Waals surface area contributed by atoms with Crippen LogP contribution in [0.15, 0.2) is 72.8 Å². The summed E-state index contributed by atoms with van der Waals surface area (Å²) in [5, 5.41) is 39.7. The summed E-state index contributed by atoms with van der Waals surface area (Å²) in [5.74, 6) is 3.77. The normalized spacial score (nSPS) is 19.3. The third kappa shape index (κ3) is 27.1. The second-order valence-electron chi connectivity index (χ2n) is 27.6. The Kier molecular flexibility index (Phi) is 35.7. The number of aryl methyl sites for hydroxylation is 2. The van der Waals surface area contributed by atoms with E-state index in [4.69, 9.17) is 39.3 Å². The number of hydrogen-bond donors (Lipinski definition) is 8. The van der Waals surface area contributed by atoms with Gasteiger partial charge in [0.25, 0.3) is 0 Å². The van der Waals surface area contributed by atoms with Crippen molar-refractivity contribution in [2.24, 2.45) is 17.6 Å². The second-order valence-corrected chi connectivity index (χ2v) is 30.1. The molecule has 11 rings (SSSR count). The number of aliphatic hydroxyl groups excluding tert-OH is 3. The third-order valence-corrected chi connectivity index (χ3v) is 20.6. The molecule has 4 amide bonds. The summed E-state index contributed by atoms with van der Waals surface area (Å²) in [5.41, 5.74) is 10.6. The quantitative estimate of drug-likeness (QED) is 0.0165. The first kappa shape index (κ1) is 87.6. The number of aromatic nitrogens is 3. The number of benzene rings is 2. The molecule has 6 saturated heterocycles. The fourth-order valence-electron chi connectivity index (χ4n) is 11.9. The van der Waals surface area contributed by atoms with Gasteiger partial charge in [0, 0.05) is 102 Å². The van der Waals surface area contributed by atoms with E-state index in [2.05, 4.69) is 112 Å². The highest BCUT2D eigenvalue weighted by Crippen LogP contribution is 2.38. The lowest BCUT2D eigenvalue weighted by Crippen LogP contribution is -2.41. The van der Waals surface area contributed by atoms with Crippen LogP contribution < -0.4 is 47.2 Å². The molecular weight excluding hydrogens is 1590 g/mol. The van der Waals surface area contributed by atoms with Crippen LogP contribution in [0.25, 0.3) is 11.1 Å². The van der Waals surface area contributed by atoms with Gasteiger partial charge in [0.2, 0.25) is 5.95 Å². The second kappa shape index (κ2) is 42.4. The van der Waals surface area contributed by atoms with E-state index in [-0.39, 0.29) is 64.0 Å². The number of nitrogens with one attached hydrogen (secondary N) is 4. The van der Waals surface area contributed by atoms with E-state index in [0.29, 0.717) is 56.8 Å². The highest BCUT2D eigenvalue weighted by molar-refractivity contribution is 14.1. The fraction of sp³-hybridized carbons (Fsp3) is 0.603. The molecule has 0 aliphatic carbocycles. The minimum Gasteiger partial charge on any atom is -0.399 e. The zero-order chi connectivity index (χ0) is 75.0. The lowest BCUT2D eigenvalue weighted by molar-refractivity contribution is -0.143. The van der Waals surface area contributed by atoms with Crippen LogP contribution >= 0.6 is 58.7 Å². The number of halogens is 6. The Morgan fingerprint density at radius 1 is 0.606 bits per heavy atom. The highest BCUT2D eigenvalue weighted by atomic mass is 127. The Hall–Kier alpha value is -5.34. The lowest BCUT2D eigenvalue weighted by Gasteiger charge is -2.32. The summed E-state index contributed by atoms with van der Waals surface area (Å²) >= 11 is 4.39. The van der Waals surface area contributed by atoms with Crippen molar-refractivity contribution in [2.45, 2.75) is 150 Å². The van der Waals surface area contributed by atoms with Gasteiger partial charge in [0.05, 0.1) is 82.7 Å². The maximum atomic E-state index is 13.0. The van der Waals surface area contributed by atoms with Gasteiger partial charge in [-0.1, -0.05) is 51.8 Å². The van der Waals surface area contributed by atoms with Crippen molar-refractivity contribution < 1.29 is 66.0 Å². The SMILES string of the molecule is CC[C@@H](N)CO.CC[C@@H]1CCN(C(=O)Nc2ccc(C)c(-c3cc(N[C@H](CC)CO)nc(N4CCOCC4)c3)c2)C1.CC[C@H](CO)Nc1cc(I)cc(N2CCOCC2)n1.Cc1ccc(NC(=O)N2CC[C@@H](CC(F)(F)F)C2)cc1B1OC(C)(C)C(C)(C)O1.Fc1cc(I)cc(N2CCOCC2)n1.S. The zero-order valence-corrected chi connectivity index (χ0v) is 67.2. The number of nitrogens with two attached hydrogens (primary N) is 1. The first-order valence-electron chi connectivity index (χ1n) is 35.9. The molecule has 0 radical (unpaired) electrons. The van der Waals surface area contributed by atoms with E-state index in [1.54, 1.807) is 12.1 Å². The summed E-state index contributed by atoms with van der Waals surface area (Å²) in [6, 6.07) is 22.6. The molecule has 23 nitrogen and oxygen atoms in total. The number of hydrogen-bond acceptors (Lipinski definition) is 19. The van der Waals surface area contributed by atoms with Crippen molar-refractivity contribution in [3.8, 4) is 11.1 Å². The van der Waals surface area contributed by atoms with Crippen molar-refractivity contribution in [3.63, 3.8) is 0 Å². The molecule has 5 aromatic rings. The number of morpholine rings is 3. The molecule has 3 aromatic heterocycles. The molecule has 104 heavy (non-hydrogen) atoms. The number of ether oxygens (including phenoxy) is 3. The van der Waals surface area contributed by atoms with Crippen molar-refractivity contribution in [1.29, 1.82) is 0 Å². The molecule has 0 bridgehead atoms. The monoisotopic (exact) mass is 1700 g/mol. The number of urea groups is 2. The Labute approximate surface area is 646 Å². The van der Waals surface area contributed by atoms with E-state index in [1.165, 1.54) is 11.0 Å². The van der Waals surface area contributed by atoms with Crippen LogP contribution in [0.3, 0.4) is 0 Å². The molecule has 0 unspecified atom stereocenters. The highest BCUT2D eigenvalue weighted by Gasteiger charge is 2.52. The number of carbonyl (C=O) groups is 2. The van der Waals surface area contributed by atoms with Crippen molar-refractivity contribution in [1.82, 2.24) is 24.8 Å². The summed E-state index contributed by atoms with van der Waals surface area (Å²) in [7, 11) is -0.556. The molecule has 9 N–H and O–H groups in total. The van der Waals surface area contributed by atoms with Gasteiger partial charge in [0.15, 0.2) is 0 Å². The molecule has 31 heteroatoms. The minimum atomic E-state index is -4.20. The van der Waals surface area contributed by atoms with Gasteiger partial charge in [-0.2, -0.15) is 31.1 Å². The molecular formula is C73H110BF4I2N13O10S. The number of rotatable bonds is 19. The summed E-state index contributed by atoms with van der Waals surface area (Å²) in [6.07, 6.45) is 0.0157. The Bertz CT molecular complexity index is 3430. The lowest BCUT2D eigenvalue weighted by atomic mass is 9.76. The Balaban J connectivity index is 0.000000221. The molecule has 578 valence electrons. The van der Waals surface area contributed by atoms with Gasteiger partial charge in [-0.25, -0.2) is 24.5 Å². The van der Waals surface area contributed by atoms with E-state index in [1.807, 2.05) is 108 Å². The van der Waals surface area contributed by atoms with Crippen LogP contribution in [0.4, 0.5) is 67.6 Å². The molecule has 5 atom stereocenters. The molecule has 9 heterocycles. The first-order valence-corrected chi connectivity index (χ1v) is 38.1. The van der Waals surface area contributed by atoms with Gasteiger partial charge in [-0.15, -0.1) is 0 Å². The Morgan fingerprint density at radius 2 is 1.05 bits per heavy atom. The number of aliphatic hydroxyl groups is 3. The number of likely N-dealkylation sites (tertiary alicyclic amines) is 2. The zero-order valence-electron chi connectivity index (χ0n) is 61.9.